The summed E-state index contributed by atoms with van der Waals surface area (Å²) in [6, 6.07) is 11.6. The predicted molar refractivity (Wildman–Crippen MR) is 73.2 cm³/mol. The maximum atomic E-state index is 13.3. The number of halogens is 4. The van der Waals surface area contributed by atoms with Crippen LogP contribution < -0.4 is 5.73 Å². The molecule has 0 aliphatic carbocycles. The van der Waals surface area contributed by atoms with Gasteiger partial charge in [-0.1, -0.05) is 30.3 Å². The van der Waals surface area contributed by atoms with Gasteiger partial charge in [0.25, 0.3) is 0 Å². The first-order valence-electron chi connectivity index (χ1n) is 6.51. The van der Waals surface area contributed by atoms with Crippen molar-refractivity contribution in [3.8, 4) is 0 Å². The summed E-state index contributed by atoms with van der Waals surface area (Å²) in [5, 5.41) is 0. The van der Waals surface area contributed by atoms with Crippen LogP contribution in [0.1, 0.15) is 16.7 Å². The molecule has 2 aromatic rings. The highest BCUT2D eigenvalue weighted by Crippen LogP contribution is 2.30. The smallest absolute Gasteiger partial charge is 0.327 e. The molecule has 0 aliphatic rings. The van der Waals surface area contributed by atoms with Gasteiger partial charge in [-0.2, -0.15) is 13.2 Å². The Morgan fingerprint density at radius 3 is 2.14 bits per heavy atom. The van der Waals surface area contributed by atoms with E-state index in [1.54, 1.807) is 0 Å². The molecule has 21 heavy (non-hydrogen) atoms. The molecule has 0 radical (unpaired) electrons. The Bertz CT molecular complexity index is 593. The first kappa shape index (κ1) is 15.5. The summed E-state index contributed by atoms with van der Waals surface area (Å²) < 4.78 is 51.2. The maximum absolute atomic E-state index is 13.3. The van der Waals surface area contributed by atoms with E-state index in [1.165, 1.54) is 0 Å². The molecule has 1 atom stereocenters. The van der Waals surface area contributed by atoms with Gasteiger partial charge >= 0.3 is 6.18 Å². The second-order valence-electron chi connectivity index (χ2n) is 5.00. The summed E-state index contributed by atoms with van der Waals surface area (Å²) in [5.74, 6) is -0.897. The normalized spacial score (nSPS) is 13.2. The maximum Gasteiger partial charge on any atom is 0.416 e. The fourth-order valence-corrected chi connectivity index (χ4v) is 2.22. The zero-order valence-corrected chi connectivity index (χ0v) is 11.2. The van der Waals surface area contributed by atoms with Crippen molar-refractivity contribution < 1.29 is 17.6 Å². The second-order valence-corrected chi connectivity index (χ2v) is 5.00. The molecular weight excluding hydrogens is 282 g/mol. The Kier molecular flexibility index (Phi) is 4.63. The third kappa shape index (κ3) is 4.56. The van der Waals surface area contributed by atoms with Gasteiger partial charge in [0.15, 0.2) is 0 Å². The van der Waals surface area contributed by atoms with E-state index in [4.69, 9.17) is 5.73 Å². The lowest BCUT2D eigenvalue weighted by Crippen LogP contribution is -2.25. The minimum absolute atomic E-state index is 0.190. The van der Waals surface area contributed by atoms with Crippen molar-refractivity contribution >= 4 is 0 Å². The van der Waals surface area contributed by atoms with Crippen LogP contribution in [0.2, 0.25) is 0 Å². The van der Waals surface area contributed by atoms with Crippen molar-refractivity contribution in [3.05, 3.63) is 71.0 Å². The molecule has 2 N–H and O–H groups in total. The first-order chi connectivity index (χ1) is 9.84. The topological polar surface area (TPSA) is 26.0 Å². The van der Waals surface area contributed by atoms with Crippen LogP contribution >= 0.6 is 0 Å². The van der Waals surface area contributed by atoms with Crippen molar-refractivity contribution in [1.82, 2.24) is 0 Å². The summed E-state index contributed by atoms with van der Waals surface area (Å²) in [6.45, 7) is 0. The molecule has 0 heterocycles. The van der Waals surface area contributed by atoms with Crippen LogP contribution in [0.15, 0.2) is 48.5 Å². The van der Waals surface area contributed by atoms with Crippen LogP contribution in [0, 0.1) is 5.82 Å². The van der Waals surface area contributed by atoms with E-state index in [-0.39, 0.29) is 18.0 Å². The van der Waals surface area contributed by atoms with Crippen LogP contribution in [-0.4, -0.2) is 6.04 Å². The molecule has 112 valence electrons. The van der Waals surface area contributed by atoms with Gasteiger partial charge in [-0.25, -0.2) is 4.39 Å². The lowest BCUT2D eigenvalue weighted by atomic mass is 9.98. The van der Waals surface area contributed by atoms with E-state index in [0.717, 1.165) is 17.7 Å². The Morgan fingerprint density at radius 2 is 1.52 bits per heavy atom. The minimum Gasteiger partial charge on any atom is -0.327 e. The average Bonchev–Trinajstić information content (AvgIpc) is 2.37. The highest BCUT2D eigenvalue weighted by Gasteiger charge is 2.31. The number of alkyl halides is 3. The fourth-order valence-electron chi connectivity index (χ4n) is 2.22. The number of benzene rings is 2. The van der Waals surface area contributed by atoms with Crippen LogP contribution in [0.3, 0.4) is 0 Å². The van der Waals surface area contributed by atoms with E-state index < -0.39 is 17.6 Å². The molecule has 0 saturated carbocycles. The van der Waals surface area contributed by atoms with E-state index in [0.29, 0.717) is 12.5 Å². The first-order valence-corrected chi connectivity index (χ1v) is 6.51. The zero-order valence-electron chi connectivity index (χ0n) is 11.2. The van der Waals surface area contributed by atoms with Crippen molar-refractivity contribution in [2.24, 2.45) is 5.73 Å². The van der Waals surface area contributed by atoms with Crippen LogP contribution in [-0.2, 0) is 19.0 Å². The molecule has 5 heteroatoms. The number of nitrogens with two attached hydrogens (primary N) is 1. The molecule has 1 nitrogen and oxygen atoms in total. The summed E-state index contributed by atoms with van der Waals surface area (Å²) in [7, 11) is 0. The monoisotopic (exact) mass is 297 g/mol. The summed E-state index contributed by atoms with van der Waals surface area (Å²) in [6.07, 6.45) is -3.84. The lowest BCUT2D eigenvalue weighted by Gasteiger charge is -2.14. The molecule has 0 aromatic heterocycles. The summed E-state index contributed by atoms with van der Waals surface area (Å²) >= 11 is 0. The quantitative estimate of drug-likeness (QED) is 0.849. The molecule has 0 saturated heterocycles. The standard InChI is InChI=1S/C16H15F4N/c17-14-7-12(6-13(10-14)16(18,19)20)9-15(21)8-11-4-2-1-3-5-11/h1-7,10,15H,8-9,21H2. The van der Waals surface area contributed by atoms with E-state index >= 15 is 0 Å². The Morgan fingerprint density at radius 1 is 0.905 bits per heavy atom. The molecule has 0 spiro atoms. The fraction of sp³-hybridized carbons (Fsp3) is 0.250. The number of hydrogen-bond acceptors (Lipinski definition) is 1. The van der Waals surface area contributed by atoms with E-state index in [2.05, 4.69) is 0 Å². The highest BCUT2D eigenvalue weighted by molar-refractivity contribution is 5.28. The van der Waals surface area contributed by atoms with Crippen molar-refractivity contribution in [1.29, 1.82) is 0 Å². The van der Waals surface area contributed by atoms with Gasteiger partial charge < -0.3 is 5.73 Å². The van der Waals surface area contributed by atoms with E-state index in [1.807, 2.05) is 30.3 Å². The largest absolute Gasteiger partial charge is 0.416 e. The number of hydrogen-bond donors (Lipinski definition) is 1. The van der Waals surface area contributed by atoms with Gasteiger partial charge in [-0.3, -0.25) is 0 Å². The molecule has 0 amide bonds. The average molecular weight is 297 g/mol. The van der Waals surface area contributed by atoms with Crippen LogP contribution in [0.4, 0.5) is 17.6 Å². The van der Waals surface area contributed by atoms with Gasteiger partial charge in [0.2, 0.25) is 0 Å². The molecule has 0 fully saturated rings. The van der Waals surface area contributed by atoms with Crippen molar-refractivity contribution in [2.75, 3.05) is 0 Å². The summed E-state index contributed by atoms with van der Waals surface area (Å²) in [5.41, 5.74) is 6.21. The SMILES string of the molecule is NC(Cc1ccccc1)Cc1cc(F)cc(C(F)(F)F)c1. The van der Waals surface area contributed by atoms with Crippen LogP contribution in [0.5, 0.6) is 0 Å². The van der Waals surface area contributed by atoms with Gasteiger partial charge in [0, 0.05) is 6.04 Å². The number of rotatable bonds is 4. The molecule has 1 unspecified atom stereocenters. The van der Waals surface area contributed by atoms with E-state index in [9.17, 15) is 17.6 Å². The van der Waals surface area contributed by atoms with Gasteiger partial charge in [0.05, 0.1) is 5.56 Å². The molecule has 2 rings (SSSR count). The Hall–Kier alpha value is -1.88. The highest BCUT2D eigenvalue weighted by atomic mass is 19.4. The summed E-state index contributed by atoms with van der Waals surface area (Å²) in [4.78, 5) is 0. The predicted octanol–water partition coefficient (Wildman–Crippen LogP) is 3.96. The molecule has 0 aliphatic heterocycles. The third-order valence-corrected chi connectivity index (χ3v) is 3.12. The Balaban J connectivity index is 2.10. The van der Waals surface area contributed by atoms with Gasteiger partial charge in [-0.15, -0.1) is 0 Å². The molecule has 2 aromatic carbocycles. The van der Waals surface area contributed by atoms with Gasteiger partial charge in [-0.05, 0) is 42.2 Å². The lowest BCUT2D eigenvalue weighted by molar-refractivity contribution is -0.137. The third-order valence-electron chi connectivity index (χ3n) is 3.12. The zero-order chi connectivity index (χ0) is 15.5. The second kappa shape index (κ2) is 6.26. The van der Waals surface area contributed by atoms with Crippen LogP contribution in [0.25, 0.3) is 0 Å². The van der Waals surface area contributed by atoms with Crippen molar-refractivity contribution in [2.45, 2.75) is 25.1 Å². The van der Waals surface area contributed by atoms with Gasteiger partial charge in [0.1, 0.15) is 5.82 Å². The minimum atomic E-state index is -4.56. The molecule has 0 bridgehead atoms. The molecular formula is C16H15F4N. The van der Waals surface area contributed by atoms with Crippen molar-refractivity contribution in [3.63, 3.8) is 0 Å². The Labute approximate surface area is 120 Å².